The van der Waals surface area contributed by atoms with Crippen LogP contribution >= 0.6 is 12.4 Å². The Kier molecular flexibility index (Phi) is 7.89. The van der Waals surface area contributed by atoms with Gasteiger partial charge < -0.3 is 16.4 Å². The van der Waals surface area contributed by atoms with Crippen molar-refractivity contribution in [3.05, 3.63) is 94.7 Å². The largest absolute Gasteiger partial charge is 0.384 e. The molecule has 0 bridgehead atoms. The minimum atomic E-state index is 0. The summed E-state index contributed by atoms with van der Waals surface area (Å²) in [6.45, 7) is 4.24. The molecule has 1 aliphatic heterocycles. The summed E-state index contributed by atoms with van der Waals surface area (Å²) in [6.07, 6.45) is 3.76. The van der Waals surface area contributed by atoms with E-state index in [1.54, 1.807) is 6.20 Å². The van der Waals surface area contributed by atoms with Gasteiger partial charge in [0.05, 0.1) is 0 Å². The van der Waals surface area contributed by atoms with Crippen molar-refractivity contribution in [2.75, 3.05) is 18.8 Å². The molecule has 1 atom stereocenters. The standard InChI is InChI=1S/C26H30N4O.ClH/c1-18(24-8-9-25(28)29-17-24)21-5-3-7-23(15-21)26(31)30-12-10-20(11-13-30)22-6-2-4-19(14-22)16-27;/h2-9,14-15,17-18,20H,10-13,16,27H2,1H3,(H2,28,29);1H. The van der Waals surface area contributed by atoms with Crippen LogP contribution in [0.15, 0.2) is 66.9 Å². The van der Waals surface area contributed by atoms with Crippen LogP contribution in [0.25, 0.3) is 0 Å². The SMILES string of the molecule is CC(c1ccc(N)nc1)c1cccc(C(=O)N2CCC(c3cccc(CN)c3)CC2)c1.Cl. The van der Waals surface area contributed by atoms with Gasteiger partial charge in [0.1, 0.15) is 5.82 Å². The zero-order valence-corrected chi connectivity index (χ0v) is 19.2. The highest BCUT2D eigenvalue weighted by molar-refractivity contribution is 5.94. The number of carbonyl (C=O) groups excluding carboxylic acids is 1. The van der Waals surface area contributed by atoms with E-state index in [0.717, 1.165) is 42.6 Å². The number of nitrogen functional groups attached to an aromatic ring is 1. The van der Waals surface area contributed by atoms with Crippen LogP contribution in [0, 0.1) is 0 Å². The predicted molar refractivity (Wildman–Crippen MR) is 132 cm³/mol. The summed E-state index contributed by atoms with van der Waals surface area (Å²) in [5.41, 5.74) is 16.9. The van der Waals surface area contributed by atoms with E-state index in [-0.39, 0.29) is 24.2 Å². The van der Waals surface area contributed by atoms with E-state index in [2.05, 4.69) is 42.2 Å². The Morgan fingerprint density at radius 3 is 2.50 bits per heavy atom. The second-order valence-electron chi connectivity index (χ2n) is 8.38. The summed E-state index contributed by atoms with van der Waals surface area (Å²) >= 11 is 0. The van der Waals surface area contributed by atoms with Gasteiger partial charge in [0.25, 0.3) is 5.91 Å². The van der Waals surface area contributed by atoms with Crippen molar-refractivity contribution in [2.45, 2.75) is 38.1 Å². The minimum Gasteiger partial charge on any atom is -0.384 e. The second kappa shape index (κ2) is 10.6. The Morgan fingerprint density at radius 1 is 1.06 bits per heavy atom. The van der Waals surface area contributed by atoms with Gasteiger partial charge in [-0.15, -0.1) is 12.4 Å². The number of benzene rings is 2. The molecule has 1 fully saturated rings. The normalized spacial score (nSPS) is 15.1. The average Bonchev–Trinajstić information content (AvgIpc) is 2.84. The lowest BCUT2D eigenvalue weighted by molar-refractivity contribution is 0.0713. The third-order valence-electron chi connectivity index (χ3n) is 6.38. The van der Waals surface area contributed by atoms with Gasteiger partial charge in [0.15, 0.2) is 0 Å². The van der Waals surface area contributed by atoms with E-state index < -0.39 is 0 Å². The van der Waals surface area contributed by atoms with Gasteiger partial charge in [0.2, 0.25) is 0 Å². The van der Waals surface area contributed by atoms with Crippen molar-refractivity contribution in [1.29, 1.82) is 0 Å². The number of likely N-dealkylation sites (tertiary alicyclic amines) is 1. The first-order valence-corrected chi connectivity index (χ1v) is 10.9. The number of aromatic nitrogens is 1. The van der Waals surface area contributed by atoms with Gasteiger partial charge in [-0.25, -0.2) is 4.98 Å². The molecular formula is C26H31ClN4O. The van der Waals surface area contributed by atoms with Crippen molar-refractivity contribution in [3.8, 4) is 0 Å². The summed E-state index contributed by atoms with van der Waals surface area (Å²) in [5.74, 6) is 1.25. The molecule has 6 heteroatoms. The molecule has 4 N–H and O–H groups in total. The summed E-state index contributed by atoms with van der Waals surface area (Å²) in [7, 11) is 0. The molecule has 2 aromatic carbocycles. The summed E-state index contributed by atoms with van der Waals surface area (Å²) in [5, 5.41) is 0. The Labute approximate surface area is 196 Å². The number of nitrogens with zero attached hydrogens (tertiary/aromatic N) is 2. The van der Waals surface area contributed by atoms with Crippen molar-refractivity contribution in [1.82, 2.24) is 9.88 Å². The zero-order valence-electron chi connectivity index (χ0n) is 18.4. The molecule has 1 amide bonds. The first kappa shape index (κ1) is 23.8. The molecule has 1 unspecified atom stereocenters. The molecule has 4 rings (SSSR count). The highest BCUT2D eigenvalue weighted by atomic mass is 35.5. The van der Waals surface area contributed by atoms with E-state index in [4.69, 9.17) is 11.5 Å². The Balaban J connectivity index is 0.00000289. The van der Waals surface area contributed by atoms with E-state index in [1.165, 1.54) is 11.1 Å². The highest BCUT2D eigenvalue weighted by Crippen LogP contribution is 2.30. The van der Waals surface area contributed by atoms with E-state index in [0.29, 0.717) is 18.3 Å². The lowest BCUT2D eigenvalue weighted by Crippen LogP contribution is -2.38. The lowest BCUT2D eigenvalue weighted by atomic mass is 9.88. The third kappa shape index (κ3) is 5.29. The fraction of sp³-hybridized carbons (Fsp3) is 0.308. The number of hydrogen-bond acceptors (Lipinski definition) is 4. The first-order valence-electron chi connectivity index (χ1n) is 10.9. The number of rotatable bonds is 5. The van der Waals surface area contributed by atoms with E-state index in [1.807, 2.05) is 35.2 Å². The molecule has 3 aromatic rings. The maximum absolute atomic E-state index is 13.2. The highest BCUT2D eigenvalue weighted by Gasteiger charge is 2.25. The maximum Gasteiger partial charge on any atom is 0.253 e. The second-order valence-corrected chi connectivity index (χ2v) is 8.38. The Morgan fingerprint density at radius 2 is 1.81 bits per heavy atom. The van der Waals surface area contributed by atoms with Crippen molar-refractivity contribution < 1.29 is 4.79 Å². The van der Waals surface area contributed by atoms with Crippen LogP contribution in [-0.2, 0) is 6.54 Å². The maximum atomic E-state index is 13.2. The smallest absolute Gasteiger partial charge is 0.253 e. The number of piperidine rings is 1. The number of nitrogens with two attached hydrogens (primary N) is 2. The molecule has 32 heavy (non-hydrogen) atoms. The molecule has 168 valence electrons. The lowest BCUT2D eigenvalue weighted by Gasteiger charge is -2.32. The molecule has 1 aromatic heterocycles. The van der Waals surface area contributed by atoms with Crippen molar-refractivity contribution >= 4 is 24.1 Å². The van der Waals surface area contributed by atoms with E-state index >= 15 is 0 Å². The summed E-state index contributed by atoms with van der Waals surface area (Å²) in [6, 6.07) is 20.3. The topological polar surface area (TPSA) is 85.2 Å². The van der Waals surface area contributed by atoms with Crippen LogP contribution < -0.4 is 11.5 Å². The number of amides is 1. The molecule has 0 aliphatic carbocycles. The molecule has 1 saturated heterocycles. The number of hydrogen-bond donors (Lipinski definition) is 2. The van der Waals surface area contributed by atoms with Gasteiger partial charge in [-0.1, -0.05) is 49.4 Å². The number of pyridine rings is 1. The third-order valence-corrected chi connectivity index (χ3v) is 6.38. The first-order chi connectivity index (χ1) is 15.0. The van der Waals surface area contributed by atoms with Crippen molar-refractivity contribution in [3.63, 3.8) is 0 Å². The molecule has 2 heterocycles. The molecule has 5 nitrogen and oxygen atoms in total. The van der Waals surface area contributed by atoms with Crippen LogP contribution in [0.5, 0.6) is 0 Å². The van der Waals surface area contributed by atoms with Crippen LogP contribution in [-0.4, -0.2) is 28.9 Å². The van der Waals surface area contributed by atoms with E-state index in [9.17, 15) is 4.79 Å². The number of carbonyl (C=O) groups is 1. The molecule has 0 spiro atoms. The Bertz CT molecular complexity index is 1050. The monoisotopic (exact) mass is 450 g/mol. The number of halogens is 1. The van der Waals surface area contributed by atoms with Gasteiger partial charge in [-0.2, -0.15) is 0 Å². The summed E-state index contributed by atoms with van der Waals surface area (Å²) < 4.78 is 0. The van der Waals surface area contributed by atoms with Gasteiger partial charge in [-0.05, 0) is 59.2 Å². The summed E-state index contributed by atoms with van der Waals surface area (Å²) in [4.78, 5) is 19.4. The fourth-order valence-electron chi connectivity index (χ4n) is 4.38. The van der Waals surface area contributed by atoms with Crippen LogP contribution in [0.3, 0.4) is 0 Å². The average molecular weight is 451 g/mol. The molecular weight excluding hydrogens is 420 g/mol. The predicted octanol–water partition coefficient (Wildman–Crippen LogP) is 4.72. The van der Waals surface area contributed by atoms with Crippen LogP contribution in [0.1, 0.15) is 64.2 Å². The fourth-order valence-corrected chi connectivity index (χ4v) is 4.38. The molecule has 1 aliphatic rings. The van der Waals surface area contributed by atoms with Crippen molar-refractivity contribution in [2.24, 2.45) is 5.73 Å². The van der Waals surface area contributed by atoms with Crippen LogP contribution in [0.2, 0.25) is 0 Å². The molecule has 0 saturated carbocycles. The zero-order chi connectivity index (χ0) is 21.8. The van der Waals surface area contributed by atoms with Gasteiger partial charge in [0, 0.05) is 37.3 Å². The minimum absolute atomic E-state index is 0. The molecule has 0 radical (unpaired) electrons. The quantitative estimate of drug-likeness (QED) is 0.589. The Hall–Kier alpha value is -2.89. The van der Waals surface area contributed by atoms with Gasteiger partial charge in [-0.3, -0.25) is 4.79 Å². The van der Waals surface area contributed by atoms with Gasteiger partial charge >= 0.3 is 0 Å². The van der Waals surface area contributed by atoms with Crippen LogP contribution in [0.4, 0.5) is 5.82 Å². The number of anilines is 1.